The second kappa shape index (κ2) is 7.67. The van der Waals surface area contributed by atoms with E-state index in [1.807, 2.05) is 19.2 Å². The van der Waals surface area contributed by atoms with Crippen LogP contribution in [0.15, 0.2) is 28.1 Å². The number of carbonyl (C=O) groups is 3. The minimum atomic E-state index is -0.307. The van der Waals surface area contributed by atoms with Gasteiger partial charge in [-0.15, -0.1) is 11.3 Å². The number of halogens is 1. The van der Waals surface area contributed by atoms with Crippen LogP contribution in [0.4, 0.5) is 0 Å². The van der Waals surface area contributed by atoms with Crippen LogP contribution >= 0.6 is 27.3 Å². The summed E-state index contributed by atoms with van der Waals surface area (Å²) in [5.74, 6) is -0.732. The smallest absolute Gasteiger partial charge is 0.261 e. The Bertz CT molecular complexity index is 880. The fourth-order valence-electron chi connectivity index (χ4n) is 2.83. The lowest BCUT2D eigenvalue weighted by molar-refractivity contribution is -0.121. The first-order valence-electron chi connectivity index (χ1n) is 8.24. The predicted octanol–water partition coefficient (Wildman–Crippen LogP) is 3.47. The zero-order chi connectivity index (χ0) is 18.8. The quantitative estimate of drug-likeness (QED) is 0.704. The minimum Gasteiger partial charge on any atom is -0.348 e. The van der Waals surface area contributed by atoms with Gasteiger partial charge in [-0.1, -0.05) is 15.9 Å². The number of aryl methyl sites for hydroxylation is 1. The molecule has 1 atom stereocenters. The Kier molecular flexibility index (Phi) is 5.52. The first-order chi connectivity index (χ1) is 12.4. The van der Waals surface area contributed by atoms with Gasteiger partial charge in [-0.25, -0.2) is 4.98 Å². The molecule has 2 aromatic rings. The van der Waals surface area contributed by atoms with Crippen molar-refractivity contribution in [2.75, 3.05) is 6.54 Å². The Morgan fingerprint density at radius 2 is 2.04 bits per heavy atom. The number of nitrogens with one attached hydrogen (secondary N) is 1. The lowest BCUT2D eigenvalue weighted by Gasteiger charge is -2.15. The molecular formula is C18H18BrN3O3S. The highest BCUT2D eigenvalue weighted by molar-refractivity contribution is 9.10. The van der Waals surface area contributed by atoms with Crippen molar-refractivity contribution in [3.8, 4) is 0 Å². The molecule has 1 aromatic heterocycles. The van der Waals surface area contributed by atoms with Crippen molar-refractivity contribution in [3.05, 3.63) is 49.9 Å². The van der Waals surface area contributed by atoms with E-state index in [0.29, 0.717) is 17.5 Å². The molecule has 3 amide bonds. The molecule has 0 radical (unpaired) electrons. The summed E-state index contributed by atoms with van der Waals surface area (Å²) < 4.78 is 0.755. The molecule has 1 unspecified atom stereocenters. The van der Waals surface area contributed by atoms with Crippen molar-refractivity contribution in [2.45, 2.75) is 32.7 Å². The highest BCUT2D eigenvalue weighted by atomic mass is 79.9. The highest BCUT2D eigenvalue weighted by Crippen LogP contribution is 2.26. The summed E-state index contributed by atoms with van der Waals surface area (Å²) in [6.07, 6.45) is 0.659. The highest BCUT2D eigenvalue weighted by Gasteiger charge is 2.35. The molecule has 1 aliphatic heterocycles. The molecule has 6 nitrogen and oxygen atoms in total. The van der Waals surface area contributed by atoms with Crippen LogP contribution in [-0.4, -0.2) is 34.2 Å². The summed E-state index contributed by atoms with van der Waals surface area (Å²) in [5.41, 5.74) is 1.66. The van der Waals surface area contributed by atoms with Crippen molar-refractivity contribution in [3.63, 3.8) is 0 Å². The largest absolute Gasteiger partial charge is 0.348 e. The zero-order valence-corrected chi connectivity index (χ0v) is 16.8. The van der Waals surface area contributed by atoms with E-state index in [1.54, 1.807) is 29.5 Å². The van der Waals surface area contributed by atoms with E-state index in [-0.39, 0.29) is 36.7 Å². The molecule has 136 valence electrons. The van der Waals surface area contributed by atoms with Crippen LogP contribution in [-0.2, 0) is 4.79 Å². The maximum Gasteiger partial charge on any atom is 0.261 e. The molecule has 0 aliphatic carbocycles. The molecule has 0 fully saturated rings. The third-order valence-electron chi connectivity index (χ3n) is 4.18. The molecule has 1 aliphatic rings. The molecule has 0 saturated heterocycles. The van der Waals surface area contributed by atoms with Crippen LogP contribution in [0.1, 0.15) is 57.2 Å². The SMILES string of the molecule is Cc1nc(C(C)NC(=O)CCCN2C(=O)c3ccc(Br)cc3C2=O)cs1. The molecule has 1 aromatic carbocycles. The third-order valence-corrected chi connectivity index (χ3v) is 5.46. The number of fused-ring (bicyclic) bond motifs is 1. The molecule has 2 heterocycles. The lowest BCUT2D eigenvalue weighted by atomic mass is 10.1. The first kappa shape index (κ1) is 18.7. The molecule has 3 rings (SSSR count). The van der Waals surface area contributed by atoms with Gasteiger partial charge in [0.1, 0.15) is 0 Å². The van der Waals surface area contributed by atoms with Crippen LogP contribution in [0.3, 0.4) is 0 Å². The Balaban J connectivity index is 1.51. The topological polar surface area (TPSA) is 79.4 Å². The van der Waals surface area contributed by atoms with Crippen molar-refractivity contribution in [1.82, 2.24) is 15.2 Å². The second-order valence-corrected chi connectivity index (χ2v) is 8.11. The zero-order valence-electron chi connectivity index (χ0n) is 14.4. The van der Waals surface area contributed by atoms with Gasteiger partial charge in [-0.3, -0.25) is 19.3 Å². The number of thiazole rings is 1. The molecular weight excluding hydrogens is 418 g/mol. The predicted molar refractivity (Wildman–Crippen MR) is 102 cm³/mol. The number of imide groups is 1. The van der Waals surface area contributed by atoms with Gasteiger partial charge in [0, 0.05) is 22.8 Å². The minimum absolute atomic E-state index is 0.123. The van der Waals surface area contributed by atoms with Crippen molar-refractivity contribution < 1.29 is 14.4 Å². The first-order valence-corrected chi connectivity index (χ1v) is 9.91. The van der Waals surface area contributed by atoms with E-state index >= 15 is 0 Å². The molecule has 0 saturated carbocycles. The van der Waals surface area contributed by atoms with E-state index in [2.05, 4.69) is 26.2 Å². The summed E-state index contributed by atoms with van der Waals surface area (Å²) >= 11 is 4.85. The maximum atomic E-state index is 12.4. The van der Waals surface area contributed by atoms with E-state index in [9.17, 15) is 14.4 Å². The van der Waals surface area contributed by atoms with Gasteiger partial charge in [0.2, 0.25) is 5.91 Å². The molecule has 0 bridgehead atoms. The van der Waals surface area contributed by atoms with Gasteiger partial charge in [0.05, 0.1) is 27.9 Å². The van der Waals surface area contributed by atoms with Crippen LogP contribution in [0.2, 0.25) is 0 Å². The van der Waals surface area contributed by atoms with Gasteiger partial charge in [0.25, 0.3) is 11.8 Å². The summed E-state index contributed by atoms with van der Waals surface area (Å²) in [6.45, 7) is 4.03. The Morgan fingerprint density at radius 1 is 1.31 bits per heavy atom. The monoisotopic (exact) mass is 435 g/mol. The van der Waals surface area contributed by atoms with E-state index in [4.69, 9.17) is 0 Å². The fraction of sp³-hybridized carbons (Fsp3) is 0.333. The lowest BCUT2D eigenvalue weighted by Crippen LogP contribution is -2.32. The summed E-state index contributed by atoms with van der Waals surface area (Å²) in [5, 5.41) is 5.78. The van der Waals surface area contributed by atoms with Gasteiger partial charge in [-0.2, -0.15) is 0 Å². The number of benzene rings is 1. The van der Waals surface area contributed by atoms with Crippen LogP contribution in [0, 0.1) is 6.92 Å². The molecule has 1 N–H and O–H groups in total. The van der Waals surface area contributed by atoms with Gasteiger partial charge >= 0.3 is 0 Å². The van der Waals surface area contributed by atoms with Crippen molar-refractivity contribution in [1.29, 1.82) is 0 Å². The van der Waals surface area contributed by atoms with E-state index < -0.39 is 0 Å². The van der Waals surface area contributed by atoms with Crippen LogP contribution in [0.25, 0.3) is 0 Å². The number of hydrogen-bond acceptors (Lipinski definition) is 5. The number of aromatic nitrogens is 1. The molecule has 26 heavy (non-hydrogen) atoms. The van der Waals surface area contributed by atoms with E-state index in [1.165, 1.54) is 4.90 Å². The van der Waals surface area contributed by atoms with Crippen LogP contribution < -0.4 is 5.32 Å². The Labute approximate surface area is 163 Å². The average Bonchev–Trinajstić information content (AvgIpc) is 3.12. The second-order valence-electron chi connectivity index (χ2n) is 6.14. The Morgan fingerprint density at radius 3 is 2.73 bits per heavy atom. The number of hydrogen-bond donors (Lipinski definition) is 1. The van der Waals surface area contributed by atoms with Gasteiger partial charge < -0.3 is 5.32 Å². The standard InChI is InChI=1S/C18H18BrN3O3S/c1-10(15-9-26-11(2)21-15)20-16(23)4-3-7-22-17(24)13-6-5-12(19)8-14(13)18(22)25/h5-6,8-10H,3-4,7H2,1-2H3,(H,20,23). The molecule has 0 spiro atoms. The van der Waals surface area contributed by atoms with Crippen LogP contribution in [0.5, 0.6) is 0 Å². The Hall–Kier alpha value is -2.06. The van der Waals surface area contributed by atoms with Gasteiger partial charge in [-0.05, 0) is 38.5 Å². The average molecular weight is 436 g/mol. The van der Waals surface area contributed by atoms with E-state index in [0.717, 1.165) is 15.2 Å². The van der Waals surface area contributed by atoms with Crippen molar-refractivity contribution >= 4 is 45.0 Å². The number of nitrogens with zero attached hydrogens (tertiary/aromatic N) is 2. The molecule has 8 heteroatoms. The fourth-order valence-corrected chi connectivity index (χ4v) is 3.90. The summed E-state index contributed by atoms with van der Waals surface area (Å²) in [6, 6.07) is 4.87. The van der Waals surface area contributed by atoms with Crippen molar-refractivity contribution in [2.24, 2.45) is 0 Å². The summed E-state index contributed by atoms with van der Waals surface area (Å²) in [7, 11) is 0. The summed E-state index contributed by atoms with van der Waals surface area (Å²) in [4.78, 5) is 42.4. The number of carbonyl (C=O) groups excluding carboxylic acids is 3. The maximum absolute atomic E-state index is 12.4. The third kappa shape index (κ3) is 3.86. The number of rotatable bonds is 6. The van der Waals surface area contributed by atoms with Gasteiger partial charge in [0.15, 0.2) is 0 Å². The number of amides is 3. The normalized spacial score (nSPS) is 14.5.